The van der Waals surface area contributed by atoms with E-state index in [0.29, 0.717) is 35.1 Å². The summed E-state index contributed by atoms with van der Waals surface area (Å²) in [5.74, 6) is 1.76. The molecule has 0 amide bonds. The van der Waals surface area contributed by atoms with Crippen molar-refractivity contribution in [1.29, 1.82) is 0 Å². The number of ether oxygens (including phenoxy) is 1. The van der Waals surface area contributed by atoms with Gasteiger partial charge in [0.1, 0.15) is 6.61 Å². The monoisotopic (exact) mass is 429 g/mol. The summed E-state index contributed by atoms with van der Waals surface area (Å²) in [6.07, 6.45) is 1.74. The Hall–Kier alpha value is -2.98. The van der Waals surface area contributed by atoms with Crippen LogP contribution in [0.25, 0.3) is 10.8 Å². The van der Waals surface area contributed by atoms with Crippen LogP contribution >= 0.6 is 23.1 Å². The fourth-order valence-corrected chi connectivity index (χ4v) is 3.93. The summed E-state index contributed by atoms with van der Waals surface area (Å²) in [5, 5.41) is 19.1. The maximum atomic E-state index is 13.7. The van der Waals surface area contributed by atoms with Crippen molar-refractivity contribution in [2.24, 2.45) is 0 Å². The normalized spacial score (nSPS) is 10.9. The van der Waals surface area contributed by atoms with Gasteiger partial charge in [-0.25, -0.2) is 4.39 Å². The lowest BCUT2D eigenvalue weighted by Crippen LogP contribution is -2.08. The maximum absolute atomic E-state index is 13.7. The van der Waals surface area contributed by atoms with Gasteiger partial charge in [-0.3, -0.25) is 4.57 Å². The minimum atomic E-state index is -0.421. The molecule has 0 fully saturated rings. The van der Waals surface area contributed by atoms with Gasteiger partial charge in [0.05, 0.1) is 10.6 Å². The molecule has 0 atom stereocenters. The third-order valence-electron chi connectivity index (χ3n) is 3.82. The fraction of sp³-hybridized carbons (Fsp3) is 0.158. The molecule has 0 spiro atoms. The molecular weight excluding hydrogens is 413 g/mol. The highest BCUT2D eigenvalue weighted by molar-refractivity contribution is 7.98. The zero-order valence-electron chi connectivity index (χ0n) is 15.2. The average molecular weight is 430 g/mol. The van der Waals surface area contributed by atoms with Gasteiger partial charge in [-0.2, -0.15) is 0 Å². The van der Waals surface area contributed by atoms with E-state index in [1.807, 2.05) is 22.1 Å². The number of halogens is 1. The van der Waals surface area contributed by atoms with Crippen LogP contribution in [0.4, 0.5) is 4.39 Å². The van der Waals surface area contributed by atoms with E-state index in [2.05, 4.69) is 27.0 Å². The molecule has 1 aromatic carbocycles. The molecular formula is C19H16FN5O2S2. The smallest absolute Gasteiger partial charge is 0.257 e. The van der Waals surface area contributed by atoms with E-state index in [9.17, 15) is 4.39 Å². The summed E-state index contributed by atoms with van der Waals surface area (Å²) in [7, 11) is 0. The lowest BCUT2D eigenvalue weighted by Gasteiger charge is -2.09. The zero-order valence-corrected chi connectivity index (χ0v) is 16.8. The predicted octanol–water partition coefficient (Wildman–Crippen LogP) is 4.59. The van der Waals surface area contributed by atoms with E-state index in [-0.39, 0.29) is 12.4 Å². The molecule has 4 rings (SSSR count). The van der Waals surface area contributed by atoms with Gasteiger partial charge in [0.2, 0.25) is 5.89 Å². The van der Waals surface area contributed by atoms with Crippen molar-refractivity contribution in [3.05, 3.63) is 72.0 Å². The maximum Gasteiger partial charge on any atom is 0.257 e. The molecule has 10 heteroatoms. The van der Waals surface area contributed by atoms with Crippen LogP contribution in [0.1, 0.15) is 11.7 Å². The number of benzene rings is 1. The van der Waals surface area contributed by atoms with Gasteiger partial charge in [-0.15, -0.1) is 38.3 Å². The molecule has 3 heterocycles. The second-order valence-electron chi connectivity index (χ2n) is 5.78. The molecule has 29 heavy (non-hydrogen) atoms. The second-order valence-corrected chi connectivity index (χ2v) is 7.67. The van der Waals surface area contributed by atoms with Gasteiger partial charge in [-0.1, -0.05) is 36.0 Å². The number of thiophene rings is 1. The molecule has 7 nitrogen and oxygen atoms in total. The first-order valence-corrected chi connectivity index (χ1v) is 10.5. The number of aromatic nitrogens is 5. The Morgan fingerprint density at radius 1 is 1.17 bits per heavy atom. The quantitative estimate of drug-likeness (QED) is 0.284. The number of thioether (sulfide) groups is 1. The van der Waals surface area contributed by atoms with Crippen molar-refractivity contribution >= 4 is 23.1 Å². The van der Waals surface area contributed by atoms with E-state index in [1.54, 1.807) is 24.3 Å². The zero-order chi connectivity index (χ0) is 20.1. The van der Waals surface area contributed by atoms with Crippen LogP contribution < -0.4 is 4.74 Å². The molecule has 0 N–H and O–H groups in total. The molecule has 148 valence electrons. The number of hydrogen-bond donors (Lipinski definition) is 0. The minimum Gasteiger partial charge on any atom is -0.483 e. The van der Waals surface area contributed by atoms with Gasteiger partial charge < -0.3 is 9.15 Å². The van der Waals surface area contributed by atoms with Crippen molar-refractivity contribution in [1.82, 2.24) is 25.0 Å². The SMILES string of the molecule is C=CCn1c(COc2ccccc2F)nnc1SCc1nnc(-c2cccs2)o1. The van der Waals surface area contributed by atoms with Crippen molar-refractivity contribution in [3.63, 3.8) is 0 Å². The summed E-state index contributed by atoms with van der Waals surface area (Å²) in [6, 6.07) is 10.1. The van der Waals surface area contributed by atoms with Crippen LogP contribution in [0, 0.1) is 5.82 Å². The molecule has 0 saturated carbocycles. The summed E-state index contributed by atoms with van der Waals surface area (Å²) in [5.41, 5.74) is 0. The van der Waals surface area contributed by atoms with Crippen LogP contribution in [0.3, 0.4) is 0 Å². The van der Waals surface area contributed by atoms with Crippen molar-refractivity contribution in [2.45, 2.75) is 24.1 Å². The number of nitrogens with zero attached hydrogens (tertiary/aromatic N) is 5. The fourth-order valence-electron chi connectivity index (χ4n) is 2.49. The molecule has 0 bridgehead atoms. The van der Waals surface area contributed by atoms with Crippen LogP contribution in [0.5, 0.6) is 5.75 Å². The first kappa shape index (κ1) is 19.3. The van der Waals surface area contributed by atoms with E-state index < -0.39 is 5.82 Å². The van der Waals surface area contributed by atoms with E-state index in [4.69, 9.17) is 9.15 Å². The molecule has 3 aromatic heterocycles. The third-order valence-corrected chi connectivity index (χ3v) is 5.63. The van der Waals surface area contributed by atoms with E-state index in [0.717, 1.165) is 4.88 Å². The average Bonchev–Trinajstić information content (AvgIpc) is 3.47. The summed E-state index contributed by atoms with van der Waals surface area (Å²) in [4.78, 5) is 0.927. The van der Waals surface area contributed by atoms with Gasteiger partial charge >= 0.3 is 0 Å². The standard InChI is InChI=1S/C19H16FN5O2S2/c1-2-9-25-16(11-26-14-7-4-3-6-13(14)20)21-24-19(25)29-12-17-22-23-18(27-17)15-8-5-10-28-15/h2-8,10H,1,9,11-12H2. The molecule has 0 aliphatic carbocycles. The first-order valence-electron chi connectivity index (χ1n) is 8.64. The van der Waals surface area contributed by atoms with Gasteiger partial charge in [0.15, 0.2) is 22.5 Å². The lowest BCUT2D eigenvalue weighted by molar-refractivity contribution is 0.275. The molecule has 0 aliphatic heterocycles. The first-order chi connectivity index (χ1) is 14.2. The van der Waals surface area contributed by atoms with Gasteiger partial charge in [-0.05, 0) is 23.6 Å². The molecule has 0 aliphatic rings. The Morgan fingerprint density at radius 2 is 2.07 bits per heavy atom. The number of para-hydroxylation sites is 1. The number of rotatable bonds is 9. The van der Waals surface area contributed by atoms with Gasteiger partial charge in [0, 0.05) is 6.54 Å². The van der Waals surface area contributed by atoms with E-state index in [1.165, 1.54) is 29.2 Å². The predicted molar refractivity (Wildman–Crippen MR) is 108 cm³/mol. The van der Waals surface area contributed by atoms with Crippen LogP contribution in [0.15, 0.2) is 64.0 Å². The highest BCUT2D eigenvalue weighted by Crippen LogP contribution is 2.26. The summed E-state index contributed by atoms with van der Waals surface area (Å²) >= 11 is 2.96. The largest absolute Gasteiger partial charge is 0.483 e. The highest BCUT2D eigenvalue weighted by Gasteiger charge is 2.16. The summed E-state index contributed by atoms with van der Waals surface area (Å²) in [6.45, 7) is 4.36. The van der Waals surface area contributed by atoms with Crippen LogP contribution in [-0.4, -0.2) is 25.0 Å². The Bertz CT molecular complexity index is 1090. The van der Waals surface area contributed by atoms with Crippen molar-refractivity contribution in [3.8, 4) is 16.5 Å². The van der Waals surface area contributed by atoms with Gasteiger partial charge in [0.25, 0.3) is 5.89 Å². The Balaban J connectivity index is 1.43. The molecule has 0 unspecified atom stereocenters. The van der Waals surface area contributed by atoms with Crippen LogP contribution in [-0.2, 0) is 18.9 Å². The van der Waals surface area contributed by atoms with Crippen LogP contribution in [0.2, 0.25) is 0 Å². The van der Waals surface area contributed by atoms with Crippen molar-refractivity contribution in [2.75, 3.05) is 0 Å². The number of hydrogen-bond acceptors (Lipinski definition) is 8. The highest BCUT2D eigenvalue weighted by atomic mass is 32.2. The Morgan fingerprint density at radius 3 is 2.86 bits per heavy atom. The second kappa shape index (κ2) is 9.01. The van der Waals surface area contributed by atoms with Crippen molar-refractivity contribution < 1.29 is 13.5 Å². The number of allylic oxidation sites excluding steroid dienone is 1. The van der Waals surface area contributed by atoms with E-state index >= 15 is 0 Å². The lowest BCUT2D eigenvalue weighted by atomic mass is 10.3. The molecule has 0 saturated heterocycles. The molecule has 0 radical (unpaired) electrons. The third kappa shape index (κ3) is 4.54. The summed E-state index contributed by atoms with van der Waals surface area (Å²) < 4.78 is 26.9. The minimum absolute atomic E-state index is 0.0887. The Labute approximate surface area is 174 Å². The topological polar surface area (TPSA) is 78.9 Å². The molecule has 4 aromatic rings. The Kier molecular flexibility index (Phi) is 6.01.